The quantitative estimate of drug-likeness (QED) is 0.124. The van der Waals surface area contributed by atoms with Crippen LogP contribution in [0.1, 0.15) is 56.9 Å². The maximum Gasteiger partial charge on any atom is 0.0165 e. The monoisotopic (exact) mass is 704 g/mol. The third-order valence-corrected chi connectivity index (χ3v) is 12.5. The van der Waals surface area contributed by atoms with E-state index in [1.165, 1.54) is 110 Å². The van der Waals surface area contributed by atoms with Crippen molar-refractivity contribution in [3.8, 4) is 44.5 Å². The highest BCUT2D eigenvalue weighted by Crippen LogP contribution is 2.60. The van der Waals surface area contributed by atoms with E-state index >= 15 is 0 Å². The highest BCUT2D eigenvalue weighted by molar-refractivity contribution is 6.26. The SMILES string of the molecule is C=CC.CC1(C)c2cc3ccccc3cc2-c2ccc3c(-c4ccccc4)c4ccc5c(c4c(-c4ccccc4)c3c21)C(C)(C)c1cc2ccccc2cc1-5. The van der Waals surface area contributed by atoms with Gasteiger partial charge in [0.2, 0.25) is 0 Å². The lowest BCUT2D eigenvalue weighted by molar-refractivity contribution is 0.666. The highest BCUT2D eigenvalue weighted by Gasteiger charge is 2.42. The van der Waals surface area contributed by atoms with Crippen molar-refractivity contribution in [1.29, 1.82) is 0 Å². The van der Waals surface area contributed by atoms with Crippen molar-refractivity contribution in [3.63, 3.8) is 0 Å². The minimum atomic E-state index is -0.215. The Kier molecular flexibility index (Phi) is 7.36. The van der Waals surface area contributed by atoms with Crippen LogP contribution in [0.15, 0.2) is 170 Å². The summed E-state index contributed by atoms with van der Waals surface area (Å²) in [5.74, 6) is 0. The first-order chi connectivity index (χ1) is 26.7. The van der Waals surface area contributed by atoms with E-state index in [-0.39, 0.29) is 10.8 Å². The zero-order chi connectivity index (χ0) is 37.6. The molecule has 9 aromatic rings. The van der Waals surface area contributed by atoms with Crippen LogP contribution in [0.3, 0.4) is 0 Å². The summed E-state index contributed by atoms with van der Waals surface area (Å²) in [6.07, 6.45) is 1.75. The Labute approximate surface area is 324 Å². The number of allylic oxidation sites excluding steroid dienone is 1. The smallest absolute Gasteiger partial charge is 0.0165 e. The number of hydrogen-bond donors (Lipinski definition) is 0. The normalized spacial score (nSPS) is 14.3. The molecule has 0 heteroatoms. The van der Waals surface area contributed by atoms with Gasteiger partial charge in [-0.2, -0.15) is 0 Å². The number of rotatable bonds is 2. The molecule has 55 heavy (non-hydrogen) atoms. The van der Waals surface area contributed by atoms with Gasteiger partial charge in [0.25, 0.3) is 0 Å². The number of benzene rings is 9. The Morgan fingerprint density at radius 2 is 0.745 bits per heavy atom. The molecule has 0 saturated heterocycles. The second-order valence-electron chi connectivity index (χ2n) is 16.5. The van der Waals surface area contributed by atoms with Gasteiger partial charge in [-0.3, -0.25) is 0 Å². The van der Waals surface area contributed by atoms with Gasteiger partial charge in [-0.05, 0) is 141 Å². The van der Waals surface area contributed by atoms with Crippen molar-refractivity contribution in [2.45, 2.75) is 45.4 Å². The molecule has 0 heterocycles. The number of fused-ring (bicyclic) bond motifs is 12. The van der Waals surface area contributed by atoms with Crippen molar-refractivity contribution in [3.05, 3.63) is 193 Å². The van der Waals surface area contributed by atoms with Gasteiger partial charge in [-0.25, -0.2) is 0 Å². The van der Waals surface area contributed by atoms with Crippen molar-refractivity contribution in [2.24, 2.45) is 0 Å². The second-order valence-corrected chi connectivity index (χ2v) is 16.5. The van der Waals surface area contributed by atoms with Crippen molar-refractivity contribution in [2.75, 3.05) is 0 Å². The summed E-state index contributed by atoms with van der Waals surface area (Å²) in [6.45, 7) is 15.1. The first-order valence-electron chi connectivity index (χ1n) is 19.6. The molecule has 0 nitrogen and oxygen atoms in total. The zero-order valence-electron chi connectivity index (χ0n) is 32.3. The van der Waals surface area contributed by atoms with Crippen molar-refractivity contribution in [1.82, 2.24) is 0 Å². The lowest BCUT2D eigenvalue weighted by Gasteiger charge is -2.30. The first kappa shape index (κ1) is 33.3. The van der Waals surface area contributed by atoms with Crippen LogP contribution in [0.4, 0.5) is 0 Å². The van der Waals surface area contributed by atoms with Crippen LogP contribution in [-0.4, -0.2) is 0 Å². The molecular weight excluding hydrogens is 661 g/mol. The highest BCUT2D eigenvalue weighted by atomic mass is 14.4. The van der Waals surface area contributed by atoms with Gasteiger partial charge in [0.1, 0.15) is 0 Å². The van der Waals surface area contributed by atoms with Crippen LogP contribution >= 0.6 is 0 Å². The zero-order valence-corrected chi connectivity index (χ0v) is 32.3. The van der Waals surface area contributed by atoms with Gasteiger partial charge in [0.15, 0.2) is 0 Å². The minimum Gasteiger partial charge on any atom is -0.103 e. The van der Waals surface area contributed by atoms with E-state index < -0.39 is 0 Å². The minimum absolute atomic E-state index is 0.215. The van der Waals surface area contributed by atoms with Crippen LogP contribution < -0.4 is 0 Å². The Balaban J connectivity index is 0.00000120. The predicted octanol–water partition coefficient (Wildman–Crippen LogP) is 15.4. The molecule has 0 N–H and O–H groups in total. The molecule has 0 bridgehead atoms. The van der Waals surface area contributed by atoms with E-state index in [2.05, 4.69) is 192 Å². The summed E-state index contributed by atoms with van der Waals surface area (Å²) in [4.78, 5) is 0. The van der Waals surface area contributed by atoms with Crippen molar-refractivity contribution < 1.29 is 0 Å². The fourth-order valence-electron chi connectivity index (χ4n) is 10.2. The largest absolute Gasteiger partial charge is 0.103 e. The van der Waals surface area contributed by atoms with E-state index in [0.29, 0.717) is 0 Å². The molecule has 0 fully saturated rings. The first-order valence-corrected chi connectivity index (χ1v) is 19.6. The van der Waals surface area contributed by atoms with Gasteiger partial charge in [-0.1, -0.05) is 167 Å². The molecule has 11 rings (SSSR count). The lowest BCUT2D eigenvalue weighted by atomic mass is 9.73. The second kappa shape index (κ2) is 12.1. The van der Waals surface area contributed by atoms with Gasteiger partial charge < -0.3 is 0 Å². The van der Waals surface area contributed by atoms with E-state index in [1.54, 1.807) is 6.08 Å². The maximum atomic E-state index is 3.36. The molecule has 0 spiro atoms. The van der Waals surface area contributed by atoms with E-state index in [1.807, 2.05) is 6.92 Å². The Hall–Kier alpha value is -6.24. The standard InChI is InChI=1S/C52H38.C3H6/c1-51(2)43-29-35-21-13-11-19-33(35)27-41(43)37-23-25-39-45(31-15-7-5-8-16-31)40-26-24-38-42-28-34-20-12-14-22-36(34)30-44(42)52(3,4)50(38)48(40)46(47(39)49(37)51)32-17-9-6-10-18-32;1-3-2/h5-30H,1-4H3;3H,1H2,2H3. The third-order valence-electron chi connectivity index (χ3n) is 12.5. The van der Waals surface area contributed by atoms with Crippen LogP contribution in [0.2, 0.25) is 0 Å². The van der Waals surface area contributed by atoms with E-state index in [9.17, 15) is 0 Å². The van der Waals surface area contributed by atoms with Gasteiger partial charge >= 0.3 is 0 Å². The molecule has 0 saturated carbocycles. The molecule has 0 aliphatic heterocycles. The van der Waals surface area contributed by atoms with Gasteiger partial charge in [0, 0.05) is 10.8 Å². The number of hydrogen-bond acceptors (Lipinski definition) is 0. The van der Waals surface area contributed by atoms with E-state index in [0.717, 1.165) is 0 Å². The molecule has 2 aliphatic carbocycles. The molecule has 0 aromatic heterocycles. The summed E-state index contributed by atoms with van der Waals surface area (Å²) in [5, 5.41) is 10.6. The van der Waals surface area contributed by atoms with E-state index in [4.69, 9.17) is 0 Å². The Morgan fingerprint density at radius 1 is 0.400 bits per heavy atom. The van der Waals surface area contributed by atoms with Crippen LogP contribution in [0.5, 0.6) is 0 Å². The van der Waals surface area contributed by atoms with Gasteiger partial charge in [-0.15, -0.1) is 6.58 Å². The van der Waals surface area contributed by atoms with Crippen molar-refractivity contribution >= 4 is 43.1 Å². The summed E-state index contributed by atoms with van der Waals surface area (Å²) >= 11 is 0. The fourth-order valence-corrected chi connectivity index (χ4v) is 10.2. The summed E-state index contributed by atoms with van der Waals surface area (Å²) in [5.41, 5.74) is 15.9. The maximum absolute atomic E-state index is 3.36. The Morgan fingerprint density at radius 3 is 1.15 bits per heavy atom. The Bertz CT molecular complexity index is 2870. The third kappa shape index (κ3) is 4.71. The molecule has 264 valence electrons. The fraction of sp³-hybridized carbons (Fsp3) is 0.127. The molecule has 0 radical (unpaired) electrons. The molecule has 0 atom stereocenters. The molecular formula is C55H44. The summed E-state index contributed by atoms with van der Waals surface area (Å²) < 4.78 is 0. The predicted molar refractivity (Wildman–Crippen MR) is 238 cm³/mol. The van der Waals surface area contributed by atoms with Crippen LogP contribution in [0.25, 0.3) is 87.6 Å². The average Bonchev–Trinajstić information content (AvgIpc) is 3.57. The van der Waals surface area contributed by atoms with Gasteiger partial charge in [0.05, 0.1) is 0 Å². The molecule has 2 aliphatic rings. The lowest BCUT2D eigenvalue weighted by Crippen LogP contribution is -2.17. The van der Waals surface area contributed by atoms with Crippen LogP contribution in [0, 0.1) is 0 Å². The molecule has 0 amide bonds. The molecule has 0 unspecified atom stereocenters. The molecule has 9 aromatic carbocycles. The summed E-state index contributed by atoms with van der Waals surface area (Å²) in [6, 6.07) is 59.5. The average molecular weight is 705 g/mol. The van der Waals surface area contributed by atoms with Crippen LogP contribution in [-0.2, 0) is 10.8 Å². The summed E-state index contributed by atoms with van der Waals surface area (Å²) in [7, 11) is 0. The topological polar surface area (TPSA) is 0 Å².